The highest BCUT2D eigenvalue weighted by atomic mass is 35.5. The van der Waals surface area contributed by atoms with Gasteiger partial charge in [-0.3, -0.25) is 0 Å². The molecule has 0 radical (unpaired) electrons. The Labute approximate surface area is 77.5 Å². The first-order valence-corrected chi connectivity index (χ1v) is 4.53. The minimum atomic E-state index is 0.613. The third-order valence-corrected chi connectivity index (χ3v) is 1.93. The van der Waals surface area contributed by atoms with E-state index in [9.17, 15) is 0 Å². The van der Waals surface area contributed by atoms with Crippen LogP contribution in [0, 0.1) is 0 Å². The van der Waals surface area contributed by atoms with Crippen LogP contribution in [0.3, 0.4) is 0 Å². The molecule has 0 aliphatic carbocycles. The predicted molar refractivity (Wildman–Crippen MR) is 50.4 cm³/mol. The number of nitrogens with one attached hydrogen (secondary N) is 2. The van der Waals surface area contributed by atoms with Crippen LogP contribution in [0.1, 0.15) is 24.9 Å². The van der Waals surface area contributed by atoms with Gasteiger partial charge in [0.15, 0.2) is 0 Å². The molecule has 1 aromatic heterocycles. The van der Waals surface area contributed by atoms with Gasteiger partial charge in [-0.1, -0.05) is 24.9 Å². The molecule has 68 valence electrons. The van der Waals surface area contributed by atoms with Crippen LogP contribution in [-0.2, 0) is 13.0 Å². The van der Waals surface area contributed by atoms with Crippen LogP contribution < -0.4 is 5.32 Å². The fourth-order valence-electron chi connectivity index (χ4n) is 1.11. The van der Waals surface area contributed by atoms with E-state index in [0.29, 0.717) is 5.15 Å². The highest BCUT2D eigenvalue weighted by Gasteiger charge is 2.05. The van der Waals surface area contributed by atoms with Crippen molar-refractivity contribution < 1.29 is 0 Å². The van der Waals surface area contributed by atoms with Crippen LogP contribution in [0.2, 0.25) is 5.15 Å². The molecule has 1 aromatic rings. The second-order valence-corrected chi connectivity index (χ2v) is 3.09. The summed E-state index contributed by atoms with van der Waals surface area (Å²) in [6, 6.07) is 0. The molecule has 0 spiro atoms. The van der Waals surface area contributed by atoms with E-state index in [2.05, 4.69) is 22.2 Å². The van der Waals surface area contributed by atoms with E-state index >= 15 is 0 Å². The third-order valence-electron chi connectivity index (χ3n) is 1.62. The third kappa shape index (κ3) is 2.22. The number of nitrogens with zero attached hydrogens (tertiary/aromatic N) is 1. The second kappa shape index (κ2) is 4.48. The van der Waals surface area contributed by atoms with Crippen LogP contribution in [0.5, 0.6) is 0 Å². The largest absolute Gasteiger partial charge is 0.343 e. The van der Waals surface area contributed by atoms with Gasteiger partial charge in [0.25, 0.3) is 0 Å². The van der Waals surface area contributed by atoms with Gasteiger partial charge < -0.3 is 10.3 Å². The molecule has 2 N–H and O–H groups in total. The SMILES string of the molecule is CCCc1[nH]c(CNC)nc1Cl. The summed E-state index contributed by atoms with van der Waals surface area (Å²) < 4.78 is 0. The van der Waals surface area contributed by atoms with Crippen molar-refractivity contribution in [1.82, 2.24) is 15.3 Å². The maximum atomic E-state index is 5.89. The molecule has 0 saturated heterocycles. The lowest BCUT2D eigenvalue weighted by Crippen LogP contribution is -2.06. The summed E-state index contributed by atoms with van der Waals surface area (Å²) in [6.45, 7) is 2.86. The van der Waals surface area contributed by atoms with E-state index in [1.165, 1.54) is 0 Å². The molecule has 0 unspecified atom stereocenters. The van der Waals surface area contributed by atoms with Crippen molar-refractivity contribution in [3.63, 3.8) is 0 Å². The standard InChI is InChI=1S/C8H14ClN3/c1-3-4-6-8(9)12-7(11-6)5-10-2/h10H,3-5H2,1-2H3,(H,11,12). The van der Waals surface area contributed by atoms with E-state index in [1.807, 2.05) is 7.05 Å². The van der Waals surface area contributed by atoms with Crippen LogP contribution in [0.15, 0.2) is 0 Å². The first-order valence-electron chi connectivity index (χ1n) is 4.15. The molecule has 12 heavy (non-hydrogen) atoms. The van der Waals surface area contributed by atoms with Crippen LogP contribution in [0.4, 0.5) is 0 Å². The molecule has 0 aromatic carbocycles. The Morgan fingerprint density at radius 3 is 2.92 bits per heavy atom. The van der Waals surface area contributed by atoms with Gasteiger partial charge in [-0.25, -0.2) is 4.98 Å². The number of halogens is 1. The molecule has 0 aliphatic heterocycles. The fourth-order valence-corrected chi connectivity index (χ4v) is 1.35. The summed E-state index contributed by atoms with van der Waals surface area (Å²) in [5.74, 6) is 0.908. The highest BCUT2D eigenvalue weighted by Crippen LogP contribution is 2.13. The summed E-state index contributed by atoms with van der Waals surface area (Å²) in [4.78, 5) is 7.34. The van der Waals surface area contributed by atoms with Crippen molar-refractivity contribution in [2.75, 3.05) is 7.05 Å². The smallest absolute Gasteiger partial charge is 0.150 e. The number of rotatable bonds is 4. The number of aromatic nitrogens is 2. The van der Waals surface area contributed by atoms with E-state index in [1.54, 1.807) is 0 Å². The van der Waals surface area contributed by atoms with E-state index in [0.717, 1.165) is 30.9 Å². The second-order valence-electron chi connectivity index (χ2n) is 2.73. The summed E-state index contributed by atoms with van der Waals surface area (Å²) in [6.07, 6.45) is 2.05. The number of H-pyrrole nitrogens is 1. The Bertz CT molecular complexity index is 244. The lowest BCUT2D eigenvalue weighted by Gasteiger charge is -1.93. The zero-order chi connectivity index (χ0) is 8.97. The Hall–Kier alpha value is -0.540. The van der Waals surface area contributed by atoms with Gasteiger partial charge in [-0.05, 0) is 13.5 Å². The Kier molecular flexibility index (Phi) is 3.56. The van der Waals surface area contributed by atoms with Gasteiger partial charge in [0, 0.05) is 0 Å². The average molecular weight is 188 g/mol. The molecule has 0 fully saturated rings. The summed E-state index contributed by atoms with van der Waals surface area (Å²) in [5, 5.41) is 3.63. The van der Waals surface area contributed by atoms with Gasteiger partial charge >= 0.3 is 0 Å². The molecule has 0 aliphatic rings. The summed E-state index contributed by atoms with van der Waals surface area (Å²) in [5.41, 5.74) is 1.05. The molecular weight excluding hydrogens is 174 g/mol. The monoisotopic (exact) mass is 187 g/mol. The van der Waals surface area contributed by atoms with Gasteiger partial charge in [0.05, 0.1) is 12.2 Å². The van der Waals surface area contributed by atoms with E-state index in [4.69, 9.17) is 11.6 Å². The number of aromatic amines is 1. The zero-order valence-electron chi connectivity index (χ0n) is 7.45. The molecule has 0 bridgehead atoms. The maximum Gasteiger partial charge on any atom is 0.150 e. The summed E-state index contributed by atoms with van der Waals surface area (Å²) in [7, 11) is 1.88. The van der Waals surface area contributed by atoms with Gasteiger partial charge in [-0.15, -0.1) is 0 Å². The lowest BCUT2D eigenvalue weighted by molar-refractivity contribution is 0.765. The molecule has 4 heteroatoms. The Balaban J connectivity index is 2.70. The van der Waals surface area contributed by atoms with Gasteiger partial charge in [0.1, 0.15) is 11.0 Å². The highest BCUT2D eigenvalue weighted by molar-refractivity contribution is 6.30. The topological polar surface area (TPSA) is 40.7 Å². The number of aryl methyl sites for hydroxylation is 1. The van der Waals surface area contributed by atoms with Crippen LogP contribution >= 0.6 is 11.6 Å². The van der Waals surface area contributed by atoms with Gasteiger partial charge in [0.2, 0.25) is 0 Å². The molecular formula is C8H14ClN3. The molecule has 0 amide bonds. The van der Waals surface area contributed by atoms with E-state index < -0.39 is 0 Å². The van der Waals surface area contributed by atoms with Crippen molar-refractivity contribution in [3.8, 4) is 0 Å². The average Bonchev–Trinajstić information content (AvgIpc) is 2.34. The number of imidazole rings is 1. The molecule has 0 atom stereocenters. The minimum Gasteiger partial charge on any atom is -0.343 e. The predicted octanol–water partition coefficient (Wildman–Crippen LogP) is 1.73. The van der Waals surface area contributed by atoms with Crippen LogP contribution in [-0.4, -0.2) is 17.0 Å². The van der Waals surface area contributed by atoms with Crippen molar-refractivity contribution in [2.45, 2.75) is 26.3 Å². The Morgan fingerprint density at radius 1 is 1.58 bits per heavy atom. The maximum absolute atomic E-state index is 5.89. The van der Waals surface area contributed by atoms with Crippen molar-refractivity contribution >= 4 is 11.6 Å². The quantitative estimate of drug-likeness (QED) is 0.754. The normalized spacial score (nSPS) is 10.6. The number of hydrogen-bond acceptors (Lipinski definition) is 2. The Morgan fingerprint density at radius 2 is 2.33 bits per heavy atom. The zero-order valence-corrected chi connectivity index (χ0v) is 8.20. The minimum absolute atomic E-state index is 0.613. The molecule has 1 rings (SSSR count). The van der Waals surface area contributed by atoms with Crippen molar-refractivity contribution in [2.24, 2.45) is 0 Å². The first kappa shape index (κ1) is 9.55. The van der Waals surface area contributed by atoms with Crippen LogP contribution in [0.25, 0.3) is 0 Å². The van der Waals surface area contributed by atoms with E-state index in [-0.39, 0.29) is 0 Å². The lowest BCUT2D eigenvalue weighted by atomic mass is 10.3. The molecule has 3 nitrogen and oxygen atoms in total. The molecule has 1 heterocycles. The summed E-state index contributed by atoms with van der Waals surface area (Å²) >= 11 is 5.89. The first-order chi connectivity index (χ1) is 5.77. The number of hydrogen-bond donors (Lipinski definition) is 2. The van der Waals surface area contributed by atoms with Crippen molar-refractivity contribution in [3.05, 3.63) is 16.7 Å². The van der Waals surface area contributed by atoms with Gasteiger partial charge in [-0.2, -0.15) is 0 Å². The fraction of sp³-hybridized carbons (Fsp3) is 0.625. The van der Waals surface area contributed by atoms with Crippen molar-refractivity contribution in [1.29, 1.82) is 0 Å². The molecule has 0 saturated carbocycles.